The van der Waals surface area contributed by atoms with Gasteiger partial charge in [-0.3, -0.25) is 4.98 Å². The van der Waals surface area contributed by atoms with Crippen molar-refractivity contribution < 1.29 is 4.74 Å². The first-order valence-electron chi connectivity index (χ1n) is 14.8. The Labute approximate surface area is 258 Å². The van der Waals surface area contributed by atoms with Gasteiger partial charge in [-0.05, 0) is 47.3 Å². The average molecular weight is 578 g/mol. The lowest BCUT2D eigenvalue weighted by molar-refractivity contribution is 0.487. The zero-order valence-electron chi connectivity index (χ0n) is 23.9. The van der Waals surface area contributed by atoms with Gasteiger partial charge in [-0.2, -0.15) is 0 Å². The number of hydrogen-bond acceptors (Lipinski definition) is 6. The number of rotatable bonds is 4. The Morgan fingerprint density at radius 2 is 1.09 bits per heavy atom. The molecular formula is C39H23N5O. The second kappa shape index (κ2) is 10.2. The second-order valence-electron chi connectivity index (χ2n) is 10.9. The third kappa shape index (κ3) is 4.31. The van der Waals surface area contributed by atoms with E-state index in [1.54, 1.807) is 0 Å². The van der Waals surface area contributed by atoms with Gasteiger partial charge in [0.1, 0.15) is 11.5 Å². The second-order valence-corrected chi connectivity index (χ2v) is 10.9. The molecule has 1 aliphatic heterocycles. The Morgan fingerprint density at radius 3 is 1.84 bits per heavy atom. The highest BCUT2D eigenvalue weighted by atomic mass is 16.5. The van der Waals surface area contributed by atoms with Crippen LogP contribution in [0.3, 0.4) is 0 Å². The van der Waals surface area contributed by atoms with Crippen LogP contribution in [0.1, 0.15) is 0 Å². The van der Waals surface area contributed by atoms with Crippen LogP contribution in [0.4, 0.5) is 0 Å². The molecule has 0 saturated carbocycles. The fourth-order valence-electron chi connectivity index (χ4n) is 6.02. The van der Waals surface area contributed by atoms with Crippen molar-refractivity contribution in [1.29, 1.82) is 0 Å². The van der Waals surface area contributed by atoms with E-state index < -0.39 is 0 Å². The molecule has 6 heteroatoms. The molecule has 0 fully saturated rings. The zero-order valence-corrected chi connectivity index (χ0v) is 23.9. The van der Waals surface area contributed by atoms with Crippen LogP contribution in [0.15, 0.2) is 140 Å². The SMILES string of the molecule is c1ccc(-c2nc(-c3ccccc3)nc(-c3ccc4ncc(-c5ccc6c7c(cccc57)-c5ccccc5O6)nc4c3)n2)cc1. The summed E-state index contributed by atoms with van der Waals surface area (Å²) in [6, 6.07) is 44.5. The highest BCUT2D eigenvalue weighted by Crippen LogP contribution is 2.48. The molecule has 0 amide bonds. The maximum Gasteiger partial charge on any atom is 0.164 e. The number of fused-ring (bicyclic) bond motifs is 3. The van der Waals surface area contributed by atoms with E-state index >= 15 is 0 Å². The normalized spacial score (nSPS) is 11.7. The van der Waals surface area contributed by atoms with Gasteiger partial charge in [0, 0.05) is 33.2 Å². The first-order valence-corrected chi connectivity index (χ1v) is 14.8. The van der Waals surface area contributed by atoms with E-state index in [0.717, 1.165) is 72.4 Å². The molecule has 0 atom stereocenters. The summed E-state index contributed by atoms with van der Waals surface area (Å²) >= 11 is 0. The Bertz CT molecular complexity index is 2350. The molecule has 6 nitrogen and oxygen atoms in total. The summed E-state index contributed by atoms with van der Waals surface area (Å²) in [6.45, 7) is 0. The first kappa shape index (κ1) is 25.2. The van der Waals surface area contributed by atoms with Crippen LogP contribution in [0.25, 0.3) is 78.4 Å². The molecule has 0 unspecified atom stereocenters. The number of aromatic nitrogens is 5. The predicted molar refractivity (Wildman–Crippen MR) is 178 cm³/mol. The highest BCUT2D eigenvalue weighted by molar-refractivity contribution is 6.09. The molecule has 1 aliphatic rings. The Morgan fingerprint density at radius 1 is 0.422 bits per heavy atom. The smallest absolute Gasteiger partial charge is 0.164 e. The fraction of sp³-hybridized carbons (Fsp3) is 0. The minimum absolute atomic E-state index is 0.578. The summed E-state index contributed by atoms with van der Waals surface area (Å²) < 4.78 is 6.30. The summed E-state index contributed by atoms with van der Waals surface area (Å²) in [6.07, 6.45) is 1.84. The van der Waals surface area contributed by atoms with Gasteiger partial charge in [-0.1, -0.05) is 97.1 Å². The van der Waals surface area contributed by atoms with Gasteiger partial charge < -0.3 is 4.74 Å². The molecule has 9 rings (SSSR count). The van der Waals surface area contributed by atoms with E-state index in [9.17, 15) is 0 Å². The minimum Gasteiger partial charge on any atom is -0.456 e. The highest BCUT2D eigenvalue weighted by Gasteiger charge is 2.22. The van der Waals surface area contributed by atoms with Gasteiger partial charge in [0.05, 0.1) is 22.9 Å². The van der Waals surface area contributed by atoms with Crippen LogP contribution < -0.4 is 4.74 Å². The van der Waals surface area contributed by atoms with Crippen molar-refractivity contribution >= 4 is 21.8 Å². The number of hydrogen-bond donors (Lipinski definition) is 0. The molecule has 0 radical (unpaired) electrons. The number of para-hydroxylation sites is 1. The van der Waals surface area contributed by atoms with Gasteiger partial charge in [0.2, 0.25) is 0 Å². The van der Waals surface area contributed by atoms with Crippen LogP contribution in [0.5, 0.6) is 11.5 Å². The third-order valence-corrected chi connectivity index (χ3v) is 8.18. The molecule has 0 bridgehead atoms. The lowest BCUT2D eigenvalue weighted by Gasteiger charge is -2.22. The van der Waals surface area contributed by atoms with Gasteiger partial charge in [0.25, 0.3) is 0 Å². The van der Waals surface area contributed by atoms with E-state index in [2.05, 4.69) is 30.3 Å². The van der Waals surface area contributed by atoms with Crippen LogP contribution in [-0.2, 0) is 0 Å². The van der Waals surface area contributed by atoms with E-state index in [1.165, 1.54) is 0 Å². The summed E-state index contributed by atoms with van der Waals surface area (Å²) in [4.78, 5) is 24.5. The van der Waals surface area contributed by atoms with Crippen molar-refractivity contribution in [3.05, 3.63) is 140 Å². The Kier molecular flexibility index (Phi) is 5.71. The summed E-state index contributed by atoms with van der Waals surface area (Å²) in [5.74, 6) is 3.53. The van der Waals surface area contributed by atoms with E-state index in [0.29, 0.717) is 17.5 Å². The van der Waals surface area contributed by atoms with Crippen molar-refractivity contribution in [3.8, 4) is 68.0 Å². The Hall–Kier alpha value is -6.27. The van der Waals surface area contributed by atoms with Crippen LogP contribution in [-0.4, -0.2) is 24.9 Å². The molecule has 2 aromatic heterocycles. The topological polar surface area (TPSA) is 73.7 Å². The number of nitrogens with zero attached hydrogens (tertiary/aromatic N) is 5. The van der Waals surface area contributed by atoms with E-state index in [4.69, 9.17) is 29.7 Å². The summed E-state index contributed by atoms with van der Waals surface area (Å²) in [5.41, 5.74) is 8.27. The van der Waals surface area contributed by atoms with Crippen LogP contribution >= 0.6 is 0 Å². The third-order valence-electron chi connectivity index (χ3n) is 8.18. The van der Waals surface area contributed by atoms with E-state index in [-0.39, 0.29) is 0 Å². The Balaban J connectivity index is 1.18. The molecule has 6 aromatic carbocycles. The zero-order chi connectivity index (χ0) is 29.7. The van der Waals surface area contributed by atoms with Gasteiger partial charge >= 0.3 is 0 Å². The molecule has 45 heavy (non-hydrogen) atoms. The molecule has 8 aromatic rings. The average Bonchev–Trinajstić information content (AvgIpc) is 3.12. The van der Waals surface area contributed by atoms with Crippen molar-refractivity contribution in [2.24, 2.45) is 0 Å². The van der Waals surface area contributed by atoms with Gasteiger partial charge in [-0.25, -0.2) is 19.9 Å². The first-order chi connectivity index (χ1) is 22.3. The quantitative estimate of drug-likeness (QED) is 0.207. The number of benzene rings is 6. The maximum atomic E-state index is 6.30. The maximum absolute atomic E-state index is 6.30. The predicted octanol–water partition coefficient (Wildman–Crippen LogP) is 9.41. The molecule has 210 valence electrons. The summed E-state index contributed by atoms with van der Waals surface area (Å²) in [7, 11) is 0. The number of ether oxygens (including phenoxy) is 1. The molecule has 3 heterocycles. The van der Waals surface area contributed by atoms with Crippen molar-refractivity contribution in [2.45, 2.75) is 0 Å². The van der Waals surface area contributed by atoms with Gasteiger partial charge in [0.15, 0.2) is 17.5 Å². The van der Waals surface area contributed by atoms with Crippen molar-refractivity contribution in [1.82, 2.24) is 24.9 Å². The van der Waals surface area contributed by atoms with E-state index in [1.807, 2.05) is 109 Å². The lowest BCUT2D eigenvalue weighted by Crippen LogP contribution is -2.00. The molecule has 0 saturated heterocycles. The lowest BCUT2D eigenvalue weighted by atomic mass is 9.92. The monoisotopic (exact) mass is 577 g/mol. The van der Waals surface area contributed by atoms with Crippen LogP contribution in [0, 0.1) is 0 Å². The van der Waals surface area contributed by atoms with Gasteiger partial charge in [-0.15, -0.1) is 0 Å². The molecule has 0 spiro atoms. The summed E-state index contributed by atoms with van der Waals surface area (Å²) in [5, 5.41) is 2.15. The van der Waals surface area contributed by atoms with Crippen molar-refractivity contribution in [2.75, 3.05) is 0 Å². The molecular weight excluding hydrogens is 554 g/mol. The largest absolute Gasteiger partial charge is 0.456 e. The molecule has 0 aliphatic carbocycles. The fourth-order valence-corrected chi connectivity index (χ4v) is 6.02. The standard InChI is InChI=1S/C39H23N5O/c1-3-10-24(11-4-1)37-42-38(25-12-5-2-6-13-25)44-39(43-37)26-18-20-31-32(22-26)41-33(23-40-31)27-19-21-35-36-29(27)15-9-16-30(36)28-14-7-8-17-34(28)45-35/h1-23H. The minimum atomic E-state index is 0.578. The van der Waals surface area contributed by atoms with Crippen molar-refractivity contribution in [3.63, 3.8) is 0 Å². The van der Waals surface area contributed by atoms with Crippen LogP contribution in [0.2, 0.25) is 0 Å². The molecule has 0 N–H and O–H groups in total.